The summed E-state index contributed by atoms with van der Waals surface area (Å²) in [6.45, 7) is 0.707. The number of benzene rings is 2. The first kappa shape index (κ1) is 13.0. The molecule has 1 aromatic heterocycles. The highest BCUT2D eigenvalue weighted by Crippen LogP contribution is 2.26. The molecule has 0 radical (unpaired) electrons. The van der Waals surface area contributed by atoms with Crippen LogP contribution in [0.5, 0.6) is 5.88 Å². The summed E-state index contributed by atoms with van der Waals surface area (Å²) >= 11 is 0. The number of aromatic nitrogens is 1. The fourth-order valence-electron chi connectivity index (χ4n) is 2.01. The molecule has 0 fully saturated rings. The third-order valence-corrected chi connectivity index (χ3v) is 3.04. The molecule has 0 aliphatic carbocycles. The molecule has 0 aliphatic rings. The van der Waals surface area contributed by atoms with Crippen LogP contribution in [0.3, 0.4) is 0 Å². The third kappa shape index (κ3) is 2.96. The van der Waals surface area contributed by atoms with Crippen molar-refractivity contribution in [2.75, 3.05) is 0 Å². The lowest BCUT2D eigenvalue weighted by Crippen LogP contribution is -1.95. The largest absolute Gasteiger partial charge is 0.470 e. The molecule has 0 atom stereocenters. The van der Waals surface area contributed by atoms with E-state index in [2.05, 4.69) is 15.2 Å². The Morgan fingerprint density at radius 2 is 2.00 bits per heavy atom. The van der Waals surface area contributed by atoms with Gasteiger partial charge in [0.25, 0.3) is 5.88 Å². The molecule has 1 heterocycles. The van der Waals surface area contributed by atoms with Gasteiger partial charge in [-0.2, -0.15) is 0 Å². The highest BCUT2D eigenvalue weighted by atomic mass is 16.5. The fourth-order valence-corrected chi connectivity index (χ4v) is 2.01. The Labute approximate surface area is 120 Å². The van der Waals surface area contributed by atoms with E-state index in [4.69, 9.17) is 14.8 Å². The highest BCUT2D eigenvalue weighted by Gasteiger charge is 2.10. The first-order chi connectivity index (χ1) is 10.4. The molecule has 6 nitrogen and oxygen atoms in total. The summed E-state index contributed by atoms with van der Waals surface area (Å²) in [6, 6.07) is 15.3. The molecule has 0 amide bonds. The number of rotatable bonds is 5. The Morgan fingerprint density at radius 1 is 1.14 bits per heavy atom. The third-order valence-electron chi connectivity index (χ3n) is 3.04. The van der Waals surface area contributed by atoms with Crippen molar-refractivity contribution in [3.63, 3.8) is 0 Å². The van der Waals surface area contributed by atoms with Crippen LogP contribution in [0.15, 0.2) is 58.2 Å². The van der Waals surface area contributed by atoms with Crippen molar-refractivity contribution in [1.29, 1.82) is 0 Å². The zero-order valence-electron chi connectivity index (χ0n) is 11.1. The van der Waals surface area contributed by atoms with Crippen LogP contribution in [0.25, 0.3) is 21.4 Å². The van der Waals surface area contributed by atoms with Crippen LogP contribution in [0, 0.1) is 0 Å². The molecule has 6 heteroatoms. The summed E-state index contributed by atoms with van der Waals surface area (Å²) in [5, 5.41) is 8.25. The zero-order chi connectivity index (χ0) is 14.5. The van der Waals surface area contributed by atoms with Crippen molar-refractivity contribution in [2.24, 2.45) is 5.11 Å². The molecule has 0 aliphatic heterocycles. The van der Waals surface area contributed by atoms with E-state index in [1.807, 2.05) is 42.5 Å². The standard InChI is InChI=1S/C15H12N4O2/c16-19-17-9-12-6-7-14-13(8-12)15(18-21-14)20-10-11-4-2-1-3-5-11/h1-8H,9-10H2. The predicted octanol–water partition coefficient (Wildman–Crippen LogP) is 4.22. The van der Waals surface area contributed by atoms with E-state index in [1.54, 1.807) is 6.07 Å². The Bertz CT molecular complexity index is 792. The van der Waals surface area contributed by atoms with Crippen LogP contribution in [0.4, 0.5) is 0 Å². The van der Waals surface area contributed by atoms with Gasteiger partial charge >= 0.3 is 0 Å². The number of hydrogen-bond acceptors (Lipinski definition) is 4. The normalized spacial score (nSPS) is 10.3. The summed E-state index contributed by atoms with van der Waals surface area (Å²) in [5.41, 5.74) is 10.9. The van der Waals surface area contributed by atoms with Gasteiger partial charge in [0.15, 0.2) is 5.58 Å². The minimum atomic E-state index is 0.287. The van der Waals surface area contributed by atoms with Gasteiger partial charge in [0, 0.05) is 4.91 Å². The van der Waals surface area contributed by atoms with Gasteiger partial charge in [0.05, 0.1) is 11.9 Å². The maximum absolute atomic E-state index is 8.37. The van der Waals surface area contributed by atoms with Crippen molar-refractivity contribution in [2.45, 2.75) is 13.2 Å². The monoisotopic (exact) mass is 280 g/mol. The fraction of sp³-hybridized carbons (Fsp3) is 0.133. The summed E-state index contributed by atoms with van der Waals surface area (Å²) < 4.78 is 10.9. The Hall–Kier alpha value is -2.98. The molecule has 0 bridgehead atoms. The highest BCUT2D eigenvalue weighted by molar-refractivity contribution is 5.82. The van der Waals surface area contributed by atoms with Crippen molar-refractivity contribution in [1.82, 2.24) is 5.16 Å². The van der Waals surface area contributed by atoms with E-state index < -0.39 is 0 Å². The van der Waals surface area contributed by atoms with Crippen molar-refractivity contribution in [3.8, 4) is 5.88 Å². The summed E-state index contributed by atoms with van der Waals surface area (Å²) in [4.78, 5) is 2.75. The van der Waals surface area contributed by atoms with Crippen molar-refractivity contribution >= 4 is 11.0 Å². The number of nitrogens with zero attached hydrogens (tertiary/aromatic N) is 4. The minimum Gasteiger partial charge on any atom is -0.470 e. The van der Waals surface area contributed by atoms with E-state index in [0.717, 1.165) is 16.5 Å². The lowest BCUT2D eigenvalue weighted by Gasteiger charge is -2.03. The SMILES string of the molecule is [N-]=[N+]=NCc1ccc2onc(OCc3ccccc3)c2c1. The van der Waals surface area contributed by atoms with Gasteiger partial charge in [-0.05, 0) is 33.9 Å². The molecule has 2 aromatic carbocycles. The Morgan fingerprint density at radius 3 is 2.81 bits per heavy atom. The maximum atomic E-state index is 8.37. The topological polar surface area (TPSA) is 84.0 Å². The van der Waals surface area contributed by atoms with Crippen LogP contribution in [-0.2, 0) is 13.2 Å². The first-order valence-electron chi connectivity index (χ1n) is 6.43. The molecule has 0 N–H and O–H groups in total. The molecule has 0 unspecified atom stereocenters. The smallest absolute Gasteiger partial charge is 0.262 e. The van der Waals surface area contributed by atoms with Gasteiger partial charge in [-0.15, -0.1) is 0 Å². The van der Waals surface area contributed by atoms with Gasteiger partial charge in [-0.25, -0.2) is 0 Å². The summed E-state index contributed by atoms with van der Waals surface area (Å²) in [5.74, 6) is 0.441. The van der Waals surface area contributed by atoms with E-state index in [1.165, 1.54) is 0 Å². The molecule has 3 aromatic rings. The minimum absolute atomic E-state index is 0.287. The summed E-state index contributed by atoms with van der Waals surface area (Å²) in [6.07, 6.45) is 0. The van der Waals surface area contributed by atoms with Gasteiger partial charge in [0.2, 0.25) is 0 Å². The summed E-state index contributed by atoms with van der Waals surface area (Å²) in [7, 11) is 0. The van der Waals surface area contributed by atoms with Gasteiger partial charge in [-0.3, -0.25) is 0 Å². The predicted molar refractivity (Wildman–Crippen MR) is 77.6 cm³/mol. The zero-order valence-corrected chi connectivity index (χ0v) is 11.1. The number of hydrogen-bond donors (Lipinski definition) is 0. The molecular weight excluding hydrogens is 268 g/mol. The lowest BCUT2D eigenvalue weighted by atomic mass is 10.1. The Balaban J connectivity index is 1.83. The van der Waals surface area contributed by atoms with E-state index in [-0.39, 0.29) is 6.54 Å². The Kier molecular flexibility index (Phi) is 3.71. The number of azide groups is 1. The van der Waals surface area contributed by atoms with Crippen LogP contribution < -0.4 is 4.74 Å². The van der Waals surface area contributed by atoms with E-state index >= 15 is 0 Å². The van der Waals surface area contributed by atoms with Crippen LogP contribution in [-0.4, -0.2) is 5.16 Å². The van der Waals surface area contributed by atoms with E-state index in [0.29, 0.717) is 18.1 Å². The van der Waals surface area contributed by atoms with Crippen molar-refractivity contribution in [3.05, 3.63) is 70.1 Å². The second kappa shape index (κ2) is 5.98. The van der Waals surface area contributed by atoms with Crippen molar-refractivity contribution < 1.29 is 9.26 Å². The maximum Gasteiger partial charge on any atom is 0.262 e. The average molecular weight is 280 g/mol. The van der Waals surface area contributed by atoms with Crippen LogP contribution in [0.1, 0.15) is 11.1 Å². The molecule has 0 spiro atoms. The quantitative estimate of drug-likeness (QED) is 0.398. The van der Waals surface area contributed by atoms with Gasteiger partial charge in [0.1, 0.15) is 6.61 Å². The first-order valence-corrected chi connectivity index (χ1v) is 6.43. The second-order valence-electron chi connectivity index (χ2n) is 4.48. The lowest BCUT2D eigenvalue weighted by molar-refractivity contribution is 0.274. The molecule has 3 rings (SSSR count). The number of fused-ring (bicyclic) bond motifs is 1. The van der Waals surface area contributed by atoms with Crippen LogP contribution in [0.2, 0.25) is 0 Å². The molecule has 21 heavy (non-hydrogen) atoms. The second-order valence-corrected chi connectivity index (χ2v) is 4.48. The molecular formula is C15H12N4O2. The number of ether oxygens (including phenoxy) is 1. The van der Waals surface area contributed by atoms with Gasteiger partial charge < -0.3 is 9.26 Å². The van der Waals surface area contributed by atoms with E-state index in [9.17, 15) is 0 Å². The van der Waals surface area contributed by atoms with Gasteiger partial charge in [-0.1, -0.05) is 41.5 Å². The molecule has 104 valence electrons. The molecule has 0 saturated heterocycles. The molecule has 0 saturated carbocycles. The van der Waals surface area contributed by atoms with Crippen LogP contribution >= 0.6 is 0 Å². The average Bonchev–Trinajstić information content (AvgIpc) is 2.94.